The van der Waals surface area contributed by atoms with Crippen LogP contribution >= 0.6 is 11.3 Å². The number of aromatic nitrogens is 2. The lowest BCUT2D eigenvalue weighted by Gasteiger charge is -2.25. The number of carbonyl (C=O) groups excluding carboxylic acids is 3. The lowest BCUT2D eigenvalue weighted by Crippen LogP contribution is -2.56. The van der Waals surface area contributed by atoms with Crippen molar-refractivity contribution in [3.8, 4) is 22.9 Å². The Labute approximate surface area is 330 Å². The third-order valence-corrected chi connectivity index (χ3v) is 12.5. The molecule has 2 aromatic heterocycles. The number of likely N-dealkylation sites (tertiary alicyclic amines) is 1. The Morgan fingerprint density at radius 2 is 1.89 bits per heavy atom. The molecule has 2 aliphatic heterocycles. The van der Waals surface area contributed by atoms with E-state index in [0.29, 0.717) is 46.0 Å². The molecule has 4 N–H and O–H groups in total. The fourth-order valence-electron chi connectivity index (χ4n) is 7.34. The molecule has 296 valence electrons. The highest BCUT2D eigenvalue weighted by molar-refractivity contribution is 7.90. The molecule has 2 fully saturated rings. The number of allylic oxidation sites excluding steroid dienone is 1. The second-order valence-electron chi connectivity index (χ2n) is 14.8. The summed E-state index contributed by atoms with van der Waals surface area (Å²) < 4.78 is 41.6. The smallest absolute Gasteiger partial charge is 0.266 e. The van der Waals surface area contributed by atoms with Gasteiger partial charge in [0.05, 0.1) is 30.6 Å². The van der Waals surface area contributed by atoms with Gasteiger partial charge in [-0.05, 0) is 63.8 Å². The van der Waals surface area contributed by atoms with Gasteiger partial charge in [-0.2, -0.15) is 0 Å². The molecule has 1 saturated carbocycles. The number of pyridine rings is 1. The van der Waals surface area contributed by atoms with Crippen LogP contribution in [0.5, 0.6) is 11.5 Å². The van der Waals surface area contributed by atoms with Crippen molar-refractivity contribution in [1.29, 1.82) is 0 Å². The topological polar surface area (TPSA) is 181 Å². The standard InChI is InChI=1S/C40H47N7O7S2/c1-24(2)42-39-44-33(23-55-39)32-20-35(29-16-15-27(53-4)18-31(29)43-32)54-28-19-34(47(22-28)25(3)48)37(49)45-40-21-26(40)12-8-6-5-7-11-17-41-30-13-9-10-14-36(30)56(51,52)46-38(40)50/h8-10,12-16,18,20,23-24,26,28,34,41H,5-7,11,17,19,21-22H2,1-4H3,(H,42,44)(H,45,49)(H,46,50)/b12-8-/t26-,28+,34-,40+/m0/s1. The van der Waals surface area contributed by atoms with Crippen LogP contribution in [0.1, 0.15) is 59.3 Å². The van der Waals surface area contributed by atoms with Gasteiger partial charge in [0.1, 0.15) is 39.8 Å². The summed E-state index contributed by atoms with van der Waals surface area (Å²) in [6, 6.07) is 12.9. The number of hydrogen-bond donors (Lipinski definition) is 4. The molecule has 3 amide bonds. The molecule has 3 aliphatic rings. The minimum absolute atomic E-state index is 0.0522. The minimum Gasteiger partial charge on any atom is -0.497 e. The first kappa shape index (κ1) is 39.0. The summed E-state index contributed by atoms with van der Waals surface area (Å²) in [5.74, 6) is -1.04. The van der Waals surface area contributed by atoms with E-state index in [0.717, 1.165) is 30.8 Å². The third-order valence-electron chi connectivity index (χ3n) is 10.3. The van der Waals surface area contributed by atoms with Crippen molar-refractivity contribution in [3.63, 3.8) is 0 Å². The van der Waals surface area contributed by atoms with Crippen LogP contribution in [0, 0.1) is 5.92 Å². The first-order valence-electron chi connectivity index (χ1n) is 18.9. The van der Waals surface area contributed by atoms with Gasteiger partial charge in [0, 0.05) is 54.7 Å². The van der Waals surface area contributed by atoms with E-state index in [9.17, 15) is 22.8 Å². The van der Waals surface area contributed by atoms with Gasteiger partial charge in [0.25, 0.3) is 15.9 Å². The first-order valence-corrected chi connectivity index (χ1v) is 21.3. The van der Waals surface area contributed by atoms with Crippen LogP contribution in [0.2, 0.25) is 0 Å². The number of fused-ring (bicyclic) bond motifs is 3. The number of sulfonamides is 1. The summed E-state index contributed by atoms with van der Waals surface area (Å²) in [6.45, 7) is 6.16. The Hall–Kier alpha value is -5.22. The highest BCUT2D eigenvalue weighted by atomic mass is 32.2. The molecule has 4 aromatic rings. The normalized spacial score (nSPS) is 24.1. The van der Waals surface area contributed by atoms with Crippen LogP contribution < -0.4 is 30.1 Å². The van der Waals surface area contributed by atoms with E-state index in [1.54, 1.807) is 25.3 Å². The van der Waals surface area contributed by atoms with E-state index in [2.05, 4.69) is 20.7 Å². The predicted octanol–water partition coefficient (Wildman–Crippen LogP) is 5.48. The average molecular weight is 802 g/mol. The highest BCUT2D eigenvalue weighted by Gasteiger charge is 2.61. The number of amides is 3. The number of nitrogens with zero attached hydrogens (tertiary/aromatic N) is 3. The van der Waals surface area contributed by atoms with Crippen molar-refractivity contribution in [3.05, 3.63) is 66.1 Å². The van der Waals surface area contributed by atoms with E-state index in [4.69, 9.17) is 19.4 Å². The Bertz CT molecular complexity index is 2280. The summed E-state index contributed by atoms with van der Waals surface area (Å²) in [5.41, 5.74) is 0.743. The Morgan fingerprint density at radius 3 is 2.68 bits per heavy atom. The van der Waals surface area contributed by atoms with Gasteiger partial charge in [-0.15, -0.1) is 11.3 Å². The van der Waals surface area contributed by atoms with Crippen LogP contribution in [0.15, 0.2) is 71.0 Å². The maximum Gasteiger partial charge on any atom is 0.266 e. The SMILES string of the molecule is COc1ccc2c(O[C@@H]3C[C@@H](C(=O)N[C@]45C[C@@H]4/C=C\CCCCCNc4ccccc4S(=O)(=O)NC5=O)N(C(C)=O)C3)cc(-c3csc(NC(C)C)n3)nc2c1. The average Bonchev–Trinajstić information content (AvgIpc) is 3.43. The van der Waals surface area contributed by atoms with Crippen molar-refractivity contribution >= 4 is 60.8 Å². The fraction of sp³-hybridized carbons (Fsp3) is 0.425. The largest absolute Gasteiger partial charge is 0.497 e. The zero-order valence-electron chi connectivity index (χ0n) is 31.8. The van der Waals surface area contributed by atoms with Crippen LogP contribution in [0.25, 0.3) is 22.3 Å². The number of ether oxygens (including phenoxy) is 2. The van der Waals surface area contributed by atoms with Gasteiger partial charge < -0.3 is 30.3 Å². The summed E-state index contributed by atoms with van der Waals surface area (Å²) in [4.78, 5) is 52.2. The zero-order chi connectivity index (χ0) is 39.6. The fourth-order valence-corrected chi connectivity index (χ4v) is 9.42. The Kier molecular flexibility index (Phi) is 11.2. The molecule has 14 nitrogen and oxygen atoms in total. The first-order chi connectivity index (χ1) is 26.9. The third kappa shape index (κ3) is 8.31. The van der Waals surface area contributed by atoms with Gasteiger partial charge in [-0.1, -0.05) is 30.7 Å². The summed E-state index contributed by atoms with van der Waals surface area (Å²) in [5, 5.41) is 12.8. The molecule has 0 unspecified atom stereocenters. The molecular weight excluding hydrogens is 755 g/mol. The minimum atomic E-state index is -4.31. The molecule has 1 aliphatic carbocycles. The molecule has 1 saturated heterocycles. The van der Waals surface area contributed by atoms with Crippen molar-refractivity contribution in [1.82, 2.24) is 24.9 Å². The predicted molar refractivity (Wildman–Crippen MR) is 215 cm³/mol. The van der Waals surface area contributed by atoms with E-state index in [1.807, 2.05) is 55.6 Å². The highest BCUT2D eigenvalue weighted by Crippen LogP contribution is 2.46. The number of rotatable bonds is 8. The number of hydrogen-bond acceptors (Lipinski definition) is 12. The van der Waals surface area contributed by atoms with Crippen LogP contribution in [-0.4, -0.2) is 84.9 Å². The van der Waals surface area contributed by atoms with Crippen molar-refractivity contribution in [2.75, 3.05) is 30.8 Å². The molecule has 4 atom stereocenters. The summed E-state index contributed by atoms with van der Waals surface area (Å²) >= 11 is 1.47. The number of para-hydroxylation sites is 1. The van der Waals surface area contributed by atoms with Gasteiger partial charge >= 0.3 is 0 Å². The molecule has 0 bridgehead atoms. The maximum atomic E-state index is 14.2. The second-order valence-corrected chi connectivity index (χ2v) is 17.3. The van der Waals surface area contributed by atoms with Gasteiger partial charge in [0.2, 0.25) is 11.8 Å². The molecule has 4 heterocycles. The Balaban J connectivity index is 1.14. The van der Waals surface area contributed by atoms with Crippen LogP contribution in [0.3, 0.4) is 0 Å². The quantitative estimate of drug-likeness (QED) is 0.166. The van der Waals surface area contributed by atoms with Crippen molar-refractivity contribution < 1.29 is 32.3 Å². The number of benzene rings is 2. The lowest BCUT2D eigenvalue weighted by atomic mass is 10.1. The number of anilines is 2. The molecule has 16 heteroatoms. The number of thiazole rings is 1. The van der Waals surface area contributed by atoms with Crippen molar-refractivity contribution in [2.45, 2.75) is 87.9 Å². The molecule has 0 spiro atoms. The van der Waals surface area contributed by atoms with E-state index in [1.165, 1.54) is 29.2 Å². The van der Waals surface area contributed by atoms with Gasteiger partial charge in [-0.25, -0.2) is 23.1 Å². The molecule has 0 radical (unpaired) electrons. The molecule has 56 heavy (non-hydrogen) atoms. The Morgan fingerprint density at radius 1 is 1.07 bits per heavy atom. The number of nitrogens with one attached hydrogen (secondary N) is 4. The number of carbonyl (C=O) groups is 3. The van der Waals surface area contributed by atoms with Crippen LogP contribution in [0.4, 0.5) is 10.8 Å². The maximum absolute atomic E-state index is 14.2. The second kappa shape index (κ2) is 16.1. The van der Waals surface area contributed by atoms with Gasteiger partial charge in [0.15, 0.2) is 5.13 Å². The zero-order valence-corrected chi connectivity index (χ0v) is 33.5. The number of methoxy groups -OCH3 is 1. The van der Waals surface area contributed by atoms with E-state index in [-0.39, 0.29) is 36.2 Å². The molecule has 7 rings (SSSR count). The van der Waals surface area contributed by atoms with Crippen molar-refractivity contribution in [2.24, 2.45) is 5.92 Å². The monoisotopic (exact) mass is 801 g/mol. The lowest BCUT2D eigenvalue weighted by molar-refractivity contribution is -0.138. The van der Waals surface area contributed by atoms with E-state index < -0.39 is 45.4 Å². The van der Waals surface area contributed by atoms with E-state index >= 15 is 0 Å². The van der Waals surface area contributed by atoms with Gasteiger partial charge in [-0.3, -0.25) is 14.4 Å². The summed E-state index contributed by atoms with van der Waals surface area (Å²) in [7, 11) is -2.73. The molecular formula is C40H47N7O7S2. The van der Waals surface area contributed by atoms with Crippen LogP contribution in [-0.2, 0) is 24.4 Å². The molecule has 2 aromatic carbocycles. The summed E-state index contributed by atoms with van der Waals surface area (Å²) in [6.07, 6.45) is 7.12.